The minimum absolute atomic E-state index is 0.0567. The highest BCUT2D eigenvalue weighted by atomic mass is 19.4. The number of alkyl halides is 3. The Labute approximate surface area is 93.0 Å². The summed E-state index contributed by atoms with van der Waals surface area (Å²) in [4.78, 5) is 12.8. The molecule has 6 heteroatoms. The van der Waals surface area contributed by atoms with Crippen molar-refractivity contribution in [2.24, 2.45) is 5.92 Å². The first-order valence-corrected chi connectivity index (χ1v) is 5.43. The maximum atomic E-state index is 12.5. The van der Waals surface area contributed by atoms with E-state index in [0.29, 0.717) is 13.0 Å². The number of amides is 2. The Bertz CT molecular complexity index is 253. The molecule has 3 nitrogen and oxygen atoms in total. The minimum atomic E-state index is -4.20. The molecule has 1 fully saturated rings. The first-order chi connectivity index (χ1) is 7.30. The number of nitrogens with zero attached hydrogens (tertiary/aromatic N) is 1. The molecular weight excluding hydrogens is 221 g/mol. The third kappa shape index (κ3) is 3.57. The van der Waals surface area contributed by atoms with Crippen molar-refractivity contribution >= 4 is 6.03 Å². The second-order valence-corrected chi connectivity index (χ2v) is 4.43. The van der Waals surface area contributed by atoms with Gasteiger partial charge < -0.3 is 10.2 Å². The number of hydrogen-bond acceptors (Lipinski definition) is 1. The summed E-state index contributed by atoms with van der Waals surface area (Å²) < 4.78 is 37.4. The van der Waals surface area contributed by atoms with E-state index in [9.17, 15) is 18.0 Å². The molecule has 0 radical (unpaired) electrons. The first kappa shape index (κ1) is 13.1. The van der Waals surface area contributed by atoms with Crippen LogP contribution in [-0.4, -0.2) is 36.2 Å². The summed E-state index contributed by atoms with van der Waals surface area (Å²) in [7, 11) is 0. The van der Waals surface area contributed by atoms with Crippen LogP contribution in [0.25, 0.3) is 0 Å². The molecule has 1 saturated heterocycles. The van der Waals surface area contributed by atoms with Gasteiger partial charge in [-0.2, -0.15) is 13.2 Å². The Morgan fingerprint density at radius 2 is 2.06 bits per heavy atom. The lowest BCUT2D eigenvalue weighted by molar-refractivity contribution is -0.184. The Kier molecular flexibility index (Phi) is 4.04. The van der Waals surface area contributed by atoms with Crippen LogP contribution in [-0.2, 0) is 0 Å². The number of hydrogen-bond donors (Lipinski definition) is 1. The third-order valence-electron chi connectivity index (χ3n) is 2.58. The molecule has 1 atom stereocenters. The van der Waals surface area contributed by atoms with Crippen molar-refractivity contribution in [1.82, 2.24) is 10.2 Å². The number of carbonyl (C=O) groups excluding carboxylic acids is 1. The van der Waals surface area contributed by atoms with E-state index in [1.165, 1.54) is 4.90 Å². The number of urea groups is 1. The fraction of sp³-hybridized carbons (Fsp3) is 0.900. The zero-order valence-electron chi connectivity index (χ0n) is 9.47. The van der Waals surface area contributed by atoms with E-state index in [-0.39, 0.29) is 19.0 Å². The van der Waals surface area contributed by atoms with Gasteiger partial charge in [-0.15, -0.1) is 0 Å². The van der Waals surface area contributed by atoms with Crippen LogP contribution in [0, 0.1) is 5.92 Å². The Morgan fingerprint density at radius 3 is 2.56 bits per heavy atom. The van der Waals surface area contributed by atoms with Gasteiger partial charge in [0.2, 0.25) is 0 Å². The second-order valence-electron chi connectivity index (χ2n) is 4.43. The van der Waals surface area contributed by atoms with E-state index in [1.807, 2.05) is 0 Å². The van der Waals surface area contributed by atoms with Gasteiger partial charge in [0.15, 0.2) is 0 Å². The average Bonchev–Trinajstić information content (AvgIpc) is 2.15. The van der Waals surface area contributed by atoms with Gasteiger partial charge in [0, 0.05) is 19.1 Å². The average molecular weight is 238 g/mol. The van der Waals surface area contributed by atoms with Gasteiger partial charge in [0.05, 0.1) is 5.92 Å². The maximum Gasteiger partial charge on any atom is 0.393 e. The Morgan fingerprint density at radius 1 is 1.44 bits per heavy atom. The minimum Gasteiger partial charge on any atom is -0.336 e. The van der Waals surface area contributed by atoms with Gasteiger partial charge in [-0.1, -0.05) is 0 Å². The molecule has 0 unspecified atom stereocenters. The highest BCUT2D eigenvalue weighted by Gasteiger charge is 2.42. The quantitative estimate of drug-likeness (QED) is 0.747. The van der Waals surface area contributed by atoms with E-state index in [0.717, 1.165) is 0 Å². The topological polar surface area (TPSA) is 32.3 Å². The monoisotopic (exact) mass is 238 g/mol. The Hall–Kier alpha value is -0.940. The molecule has 0 aromatic heterocycles. The van der Waals surface area contributed by atoms with Crippen LogP contribution in [0.4, 0.5) is 18.0 Å². The molecule has 0 aromatic rings. The fourth-order valence-electron chi connectivity index (χ4n) is 1.77. The van der Waals surface area contributed by atoms with Crippen LogP contribution < -0.4 is 5.32 Å². The molecule has 94 valence electrons. The molecule has 0 aromatic carbocycles. The number of nitrogens with one attached hydrogen (secondary N) is 1. The molecule has 0 bridgehead atoms. The summed E-state index contributed by atoms with van der Waals surface area (Å²) in [5.41, 5.74) is 0. The molecule has 16 heavy (non-hydrogen) atoms. The van der Waals surface area contributed by atoms with Crippen LogP contribution >= 0.6 is 0 Å². The van der Waals surface area contributed by atoms with E-state index < -0.39 is 18.1 Å². The van der Waals surface area contributed by atoms with Gasteiger partial charge in [-0.3, -0.25) is 0 Å². The van der Waals surface area contributed by atoms with Gasteiger partial charge in [-0.05, 0) is 26.7 Å². The predicted octanol–water partition coefficient (Wildman–Crippen LogP) is 2.38. The second kappa shape index (κ2) is 4.93. The zero-order chi connectivity index (χ0) is 12.3. The van der Waals surface area contributed by atoms with Crippen LogP contribution in [0.15, 0.2) is 0 Å². The smallest absolute Gasteiger partial charge is 0.336 e. The molecule has 1 aliphatic heterocycles. The molecule has 1 aliphatic rings. The number of likely N-dealkylation sites (tertiary alicyclic amines) is 1. The largest absolute Gasteiger partial charge is 0.393 e. The van der Waals surface area contributed by atoms with Crippen molar-refractivity contribution in [3.05, 3.63) is 0 Å². The number of piperidine rings is 1. The number of carbonyl (C=O) groups is 1. The SMILES string of the molecule is CC(C)NC(=O)N1CCC[C@H](C(F)(F)F)C1. The van der Waals surface area contributed by atoms with Crippen molar-refractivity contribution < 1.29 is 18.0 Å². The maximum absolute atomic E-state index is 12.5. The summed E-state index contributed by atoms with van der Waals surface area (Å²) in [5, 5.41) is 2.60. The number of halogens is 3. The van der Waals surface area contributed by atoms with Gasteiger partial charge in [-0.25, -0.2) is 4.79 Å². The summed E-state index contributed by atoms with van der Waals surface area (Å²) in [6.45, 7) is 3.75. The van der Waals surface area contributed by atoms with E-state index in [4.69, 9.17) is 0 Å². The molecule has 1 N–H and O–H groups in total. The van der Waals surface area contributed by atoms with Gasteiger partial charge >= 0.3 is 12.2 Å². The molecule has 0 spiro atoms. The van der Waals surface area contributed by atoms with E-state index in [1.54, 1.807) is 13.8 Å². The molecule has 0 saturated carbocycles. The van der Waals surface area contributed by atoms with Gasteiger partial charge in [0.25, 0.3) is 0 Å². The summed E-state index contributed by atoms with van der Waals surface area (Å²) in [6.07, 6.45) is -3.67. The molecule has 0 aliphatic carbocycles. The van der Waals surface area contributed by atoms with Crippen molar-refractivity contribution in [3.8, 4) is 0 Å². The van der Waals surface area contributed by atoms with E-state index in [2.05, 4.69) is 5.32 Å². The zero-order valence-corrected chi connectivity index (χ0v) is 9.47. The summed E-state index contributed by atoms with van der Waals surface area (Å²) in [5.74, 6) is -1.38. The van der Waals surface area contributed by atoms with Crippen LogP contribution in [0.1, 0.15) is 26.7 Å². The fourth-order valence-corrected chi connectivity index (χ4v) is 1.77. The standard InChI is InChI=1S/C10H17F3N2O/c1-7(2)14-9(16)15-5-3-4-8(6-15)10(11,12)13/h7-8H,3-6H2,1-2H3,(H,14,16)/t8-/m0/s1. The van der Waals surface area contributed by atoms with Crippen LogP contribution in [0.2, 0.25) is 0 Å². The molecular formula is C10H17F3N2O. The van der Waals surface area contributed by atoms with Gasteiger partial charge in [0.1, 0.15) is 0 Å². The van der Waals surface area contributed by atoms with Crippen LogP contribution in [0.5, 0.6) is 0 Å². The van der Waals surface area contributed by atoms with Crippen molar-refractivity contribution in [2.75, 3.05) is 13.1 Å². The van der Waals surface area contributed by atoms with E-state index >= 15 is 0 Å². The number of rotatable bonds is 1. The van der Waals surface area contributed by atoms with Crippen molar-refractivity contribution in [2.45, 2.75) is 38.9 Å². The highest BCUT2D eigenvalue weighted by molar-refractivity contribution is 5.74. The summed E-state index contributed by atoms with van der Waals surface area (Å²) in [6, 6.07) is -0.456. The normalized spacial score (nSPS) is 22.4. The Balaban J connectivity index is 2.54. The summed E-state index contributed by atoms with van der Waals surface area (Å²) >= 11 is 0. The lowest BCUT2D eigenvalue weighted by Gasteiger charge is -2.34. The van der Waals surface area contributed by atoms with Crippen molar-refractivity contribution in [1.29, 1.82) is 0 Å². The first-order valence-electron chi connectivity index (χ1n) is 5.43. The highest BCUT2D eigenvalue weighted by Crippen LogP contribution is 2.32. The van der Waals surface area contributed by atoms with Crippen LogP contribution in [0.3, 0.4) is 0 Å². The lowest BCUT2D eigenvalue weighted by atomic mass is 9.98. The molecule has 1 rings (SSSR count). The molecule has 2 amide bonds. The lowest BCUT2D eigenvalue weighted by Crippen LogP contribution is -2.49. The third-order valence-corrected chi connectivity index (χ3v) is 2.58. The predicted molar refractivity (Wildman–Crippen MR) is 54.0 cm³/mol. The van der Waals surface area contributed by atoms with Crippen molar-refractivity contribution in [3.63, 3.8) is 0 Å². The molecule has 1 heterocycles.